The maximum absolute atomic E-state index is 12.4. The van der Waals surface area contributed by atoms with Gasteiger partial charge < -0.3 is 15.5 Å². The summed E-state index contributed by atoms with van der Waals surface area (Å²) in [5.74, 6) is -0.205. The zero-order chi connectivity index (χ0) is 16.2. The Hall–Kier alpha value is -1.53. The number of hydrogen-bond acceptors (Lipinski definition) is 4. The predicted octanol–water partition coefficient (Wildman–Crippen LogP) is 1.63. The minimum absolute atomic E-state index is 0.00952. The number of benzene rings is 1. The summed E-state index contributed by atoms with van der Waals surface area (Å²) in [6.07, 6.45) is 4.43. The van der Waals surface area contributed by atoms with Crippen LogP contribution in [0, 0.1) is 5.92 Å². The Kier molecular flexibility index (Phi) is 5.23. The number of carbonyl (C=O) groups excluding carboxylic acids is 2. The first kappa shape index (κ1) is 16.3. The van der Waals surface area contributed by atoms with Crippen LogP contribution in [0.25, 0.3) is 0 Å². The van der Waals surface area contributed by atoms with Crippen LogP contribution in [-0.4, -0.2) is 43.7 Å². The number of anilines is 1. The Balaban J connectivity index is 1.60. The molecule has 2 aliphatic heterocycles. The van der Waals surface area contributed by atoms with Gasteiger partial charge in [-0.05, 0) is 49.9 Å². The third-order valence-corrected chi connectivity index (χ3v) is 5.27. The van der Waals surface area contributed by atoms with Crippen molar-refractivity contribution in [2.75, 3.05) is 30.8 Å². The van der Waals surface area contributed by atoms with E-state index in [2.05, 4.69) is 10.6 Å². The molecule has 0 bridgehead atoms. The molecule has 23 heavy (non-hydrogen) atoms. The van der Waals surface area contributed by atoms with Crippen LogP contribution in [0.4, 0.5) is 5.69 Å². The van der Waals surface area contributed by atoms with Crippen molar-refractivity contribution in [2.45, 2.75) is 30.2 Å². The molecule has 2 N–H and O–H groups in total. The van der Waals surface area contributed by atoms with Gasteiger partial charge in [0.1, 0.15) is 0 Å². The van der Waals surface area contributed by atoms with Crippen molar-refractivity contribution in [3.8, 4) is 0 Å². The van der Waals surface area contributed by atoms with Gasteiger partial charge in [0, 0.05) is 36.1 Å². The second-order valence-electron chi connectivity index (χ2n) is 6.16. The highest BCUT2D eigenvalue weighted by molar-refractivity contribution is 7.98. The van der Waals surface area contributed by atoms with Gasteiger partial charge in [-0.1, -0.05) is 0 Å². The fourth-order valence-electron chi connectivity index (χ4n) is 3.19. The van der Waals surface area contributed by atoms with Crippen LogP contribution in [0.3, 0.4) is 0 Å². The Bertz CT molecular complexity index is 570. The molecule has 124 valence electrons. The maximum Gasteiger partial charge on any atom is 0.227 e. The van der Waals surface area contributed by atoms with E-state index in [0.29, 0.717) is 13.0 Å². The number of thioether (sulfide) groups is 1. The second kappa shape index (κ2) is 7.36. The highest BCUT2D eigenvalue weighted by Gasteiger charge is 2.35. The van der Waals surface area contributed by atoms with E-state index in [9.17, 15) is 9.59 Å². The summed E-state index contributed by atoms with van der Waals surface area (Å²) < 4.78 is 0. The predicted molar refractivity (Wildman–Crippen MR) is 92.7 cm³/mol. The van der Waals surface area contributed by atoms with Gasteiger partial charge in [-0.15, -0.1) is 11.8 Å². The Morgan fingerprint density at radius 3 is 2.78 bits per heavy atom. The van der Waals surface area contributed by atoms with Crippen molar-refractivity contribution in [1.82, 2.24) is 10.6 Å². The lowest BCUT2D eigenvalue weighted by Gasteiger charge is -2.25. The van der Waals surface area contributed by atoms with Gasteiger partial charge >= 0.3 is 0 Å². The molecule has 2 saturated heterocycles. The highest BCUT2D eigenvalue weighted by atomic mass is 32.2. The fraction of sp³-hybridized carbons (Fsp3) is 0.529. The summed E-state index contributed by atoms with van der Waals surface area (Å²) in [4.78, 5) is 27.6. The summed E-state index contributed by atoms with van der Waals surface area (Å²) in [6.45, 7) is 2.32. The lowest BCUT2D eigenvalue weighted by Crippen LogP contribution is -2.47. The monoisotopic (exact) mass is 333 g/mol. The molecular formula is C17H23N3O2S. The van der Waals surface area contributed by atoms with Crippen LogP contribution in [0.1, 0.15) is 19.3 Å². The van der Waals surface area contributed by atoms with E-state index < -0.39 is 0 Å². The fourth-order valence-corrected chi connectivity index (χ4v) is 3.60. The van der Waals surface area contributed by atoms with Crippen LogP contribution in [0.2, 0.25) is 0 Å². The Morgan fingerprint density at radius 1 is 1.35 bits per heavy atom. The third-order valence-electron chi connectivity index (χ3n) is 4.52. The van der Waals surface area contributed by atoms with Gasteiger partial charge in [0.25, 0.3) is 0 Å². The van der Waals surface area contributed by atoms with Crippen molar-refractivity contribution in [3.63, 3.8) is 0 Å². The first-order valence-corrected chi connectivity index (χ1v) is 9.35. The quantitative estimate of drug-likeness (QED) is 0.822. The number of nitrogens with zero attached hydrogens (tertiary/aromatic N) is 1. The lowest BCUT2D eigenvalue weighted by atomic mass is 10.0. The molecule has 5 nitrogen and oxygen atoms in total. The summed E-state index contributed by atoms with van der Waals surface area (Å²) in [5.41, 5.74) is 0.877. The SMILES string of the molecule is CSc1ccc(N2CC(C(=O)N[C@H]3CCCNC3)CC2=O)cc1. The molecule has 2 heterocycles. The smallest absolute Gasteiger partial charge is 0.227 e. The van der Waals surface area contributed by atoms with Crippen molar-refractivity contribution in [1.29, 1.82) is 0 Å². The number of carbonyl (C=O) groups is 2. The largest absolute Gasteiger partial charge is 0.352 e. The zero-order valence-corrected chi connectivity index (χ0v) is 14.2. The van der Waals surface area contributed by atoms with Crippen molar-refractivity contribution in [2.24, 2.45) is 5.92 Å². The average molecular weight is 333 g/mol. The molecule has 2 aliphatic rings. The second-order valence-corrected chi connectivity index (χ2v) is 7.03. The summed E-state index contributed by atoms with van der Waals surface area (Å²) in [5, 5.41) is 6.38. The molecule has 3 rings (SSSR count). The van der Waals surface area contributed by atoms with E-state index in [1.54, 1.807) is 16.7 Å². The van der Waals surface area contributed by atoms with E-state index in [0.717, 1.165) is 31.6 Å². The standard InChI is InChI=1S/C17H23N3O2S/c1-23-15-6-4-14(5-7-15)20-11-12(9-16(20)21)17(22)19-13-3-2-8-18-10-13/h4-7,12-13,18H,2-3,8-11H2,1H3,(H,19,22)/t12?,13-/m0/s1. The van der Waals surface area contributed by atoms with Gasteiger partial charge in [0.05, 0.1) is 5.92 Å². The summed E-state index contributed by atoms with van der Waals surface area (Å²) in [6, 6.07) is 8.12. The van der Waals surface area contributed by atoms with E-state index >= 15 is 0 Å². The van der Waals surface area contributed by atoms with Gasteiger partial charge in [-0.3, -0.25) is 9.59 Å². The maximum atomic E-state index is 12.4. The van der Waals surface area contributed by atoms with Crippen LogP contribution in [0.15, 0.2) is 29.2 Å². The van der Waals surface area contributed by atoms with E-state index in [4.69, 9.17) is 0 Å². The minimum Gasteiger partial charge on any atom is -0.352 e. The Morgan fingerprint density at radius 2 is 2.13 bits per heavy atom. The minimum atomic E-state index is -0.246. The molecular weight excluding hydrogens is 310 g/mol. The third kappa shape index (κ3) is 3.87. The van der Waals surface area contributed by atoms with Crippen molar-refractivity contribution < 1.29 is 9.59 Å². The van der Waals surface area contributed by atoms with E-state index in [1.165, 1.54) is 4.90 Å². The first-order chi connectivity index (χ1) is 11.2. The van der Waals surface area contributed by atoms with Gasteiger partial charge in [-0.25, -0.2) is 0 Å². The first-order valence-electron chi connectivity index (χ1n) is 8.13. The molecule has 1 aromatic carbocycles. The molecule has 6 heteroatoms. The van der Waals surface area contributed by atoms with Crippen LogP contribution >= 0.6 is 11.8 Å². The summed E-state index contributed by atoms with van der Waals surface area (Å²) in [7, 11) is 0. The van der Waals surface area contributed by atoms with Crippen molar-refractivity contribution >= 4 is 29.3 Å². The van der Waals surface area contributed by atoms with Crippen LogP contribution in [-0.2, 0) is 9.59 Å². The number of nitrogens with one attached hydrogen (secondary N) is 2. The number of piperidine rings is 1. The molecule has 0 radical (unpaired) electrons. The van der Waals surface area contributed by atoms with Gasteiger partial charge in [0.2, 0.25) is 11.8 Å². The highest BCUT2D eigenvalue weighted by Crippen LogP contribution is 2.27. The molecule has 2 amide bonds. The number of amides is 2. The van der Waals surface area contributed by atoms with Gasteiger partial charge in [0.15, 0.2) is 0 Å². The van der Waals surface area contributed by atoms with E-state index in [-0.39, 0.29) is 23.8 Å². The molecule has 0 spiro atoms. The summed E-state index contributed by atoms with van der Waals surface area (Å²) >= 11 is 1.67. The van der Waals surface area contributed by atoms with Crippen LogP contribution < -0.4 is 15.5 Å². The Labute approximate surface area is 141 Å². The molecule has 1 aromatic rings. The molecule has 2 atom stereocenters. The number of hydrogen-bond donors (Lipinski definition) is 2. The molecule has 0 saturated carbocycles. The molecule has 2 fully saturated rings. The molecule has 1 unspecified atom stereocenters. The topological polar surface area (TPSA) is 61.4 Å². The van der Waals surface area contributed by atoms with Crippen LogP contribution in [0.5, 0.6) is 0 Å². The van der Waals surface area contributed by atoms with E-state index in [1.807, 2.05) is 30.5 Å². The van der Waals surface area contributed by atoms with Gasteiger partial charge in [-0.2, -0.15) is 0 Å². The average Bonchev–Trinajstić information content (AvgIpc) is 2.98. The molecule has 0 aliphatic carbocycles. The molecule has 0 aromatic heterocycles. The van der Waals surface area contributed by atoms with Crippen molar-refractivity contribution in [3.05, 3.63) is 24.3 Å². The number of rotatable bonds is 4. The normalized spacial score (nSPS) is 24.7. The zero-order valence-electron chi connectivity index (χ0n) is 13.4. The lowest BCUT2D eigenvalue weighted by molar-refractivity contribution is -0.127.